The van der Waals surface area contributed by atoms with Crippen LogP contribution in [0.25, 0.3) is 0 Å². The Morgan fingerprint density at radius 1 is 1.16 bits per heavy atom. The first-order valence-electron chi connectivity index (χ1n) is 6.05. The molecular weight excluding hydrogens is 242 g/mol. The molecule has 0 N–H and O–H groups in total. The second-order valence-electron chi connectivity index (χ2n) is 5.23. The molecule has 1 aromatic carbocycles. The molecule has 0 aliphatic rings. The summed E-state index contributed by atoms with van der Waals surface area (Å²) in [7, 11) is 0. The molecule has 1 rings (SSSR count). The van der Waals surface area contributed by atoms with E-state index in [1.54, 1.807) is 4.90 Å². The molecule has 0 fully saturated rings. The van der Waals surface area contributed by atoms with Crippen molar-refractivity contribution in [1.82, 2.24) is 4.90 Å². The highest BCUT2D eigenvalue weighted by atomic mass is 16.4. The predicted molar refractivity (Wildman–Crippen MR) is 70.9 cm³/mol. The first-order chi connectivity index (χ1) is 8.80. The van der Waals surface area contributed by atoms with Gasteiger partial charge in [0.25, 0.3) is 0 Å². The zero-order chi connectivity index (χ0) is 14.5. The van der Waals surface area contributed by atoms with Gasteiger partial charge in [-0.3, -0.25) is 4.79 Å². The third-order valence-corrected chi connectivity index (χ3v) is 2.62. The van der Waals surface area contributed by atoms with Gasteiger partial charge in [0.2, 0.25) is 5.91 Å². The van der Waals surface area contributed by atoms with Crippen LogP contribution >= 0.6 is 0 Å². The number of hydrogen-bond donors (Lipinski definition) is 0. The zero-order valence-electron chi connectivity index (χ0n) is 11.4. The SMILES string of the molecule is CC(C)(C)N(Cc1ccccc1)C(=O)/C=C/C(=O)[O-]. The number of hydrogen-bond acceptors (Lipinski definition) is 3. The standard InChI is InChI=1S/C15H19NO3/c1-15(2,3)16(13(17)9-10-14(18)19)11-12-7-5-4-6-8-12/h4-10H,11H2,1-3H3,(H,18,19)/p-1/b10-9+. The summed E-state index contributed by atoms with van der Waals surface area (Å²) in [5, 5.41) is 10.4. The monoisotopic (exact) mass is 260 g/mol. The van der Waals surface area contributed by atoms with Crippen LogP contribution < -0.4 is 5.11 Å². The number of amides is 1. The fourth-order valence-electron chi connectivity index (χ4n) is 1.64. The van der Waals surface area contributed by atoms with Crippen LogP contribution in [-0.4, -0.2) is 22.3 Å². The summed E-state index contributed by atoms with van der Waals surface area (Å²) >= 11 is 0. The molecule has 19 heavy (non-hydrogen) atoms. The first kappa shape index (κ1) is 15.0. The summed E-state index contributed by atoms with van der Waals surface area (Å²) < 4.78 is 0. The quantitative estimate of drug-likeness (QED) is 0.762. The van der Waals surface area contributed by atoms with Gasteiger partial charge in [0.1, 0.15) is 0 Å². The lowest BCUT2D eigenvalue weighted by atomic mass is 10.0. The maximum Gasteiger partial charge on any atom is 0.247 e. The van der Waals surface area contributed by atoms with Gasteiger partial charge < -0.3 is 14.8 Å². The van der Waals surface area contributed by atoms with E-state index >= 15 is 0 Å². The minimum absolute atomic E-state index is 0.347. The Balaban J connectivity index is 2.90. The maximum absolute atomic E-state index is 12.0. The van der Waals surface area contributed by atoms with E-state index in [4.69, 9.17) is 0 Å². The second-order valence-corrected chi connectivity index (χ2v) is 5.23. The molecule has 0 bridgehead atoms. The van der Waals surface area contributed by atoms with Crippen molar-refractivity contribution in [2.24, 2.45) is 0 Å². The van der Waals surface area contributed by atoms with Crippen LogP contribution in [0.4, 0.5) is 0 Å². The third kappa shape index (κ3) is 4.95. The Kier molecular flexibility index (Phi) is 4.87. The minimum atomic E-state index is -1.37. The van der Waals surface area contributed by atoms with Gasteiger partial charge in [0.05, 0.1) is 5.97 Å². The van der Waals surface area contributed by atoms with E-state index in [1.807, 2.05) is 51.1 Å². The van der Waals surface area contributed by atoms with Crippen LogP contribution in [0.2, 0.25) is 0 Å². The molecule has 0 atom stereocenters. The lowest BCUT2D eigenvalue weighted by Crippen LogP contribution is -2.44. The Bertz CT molecular complexity index is 472. The molecule has 4 heteroatoms. The number of carbonyl (C=O) groups excluding carboxylic acids is 2. The van der Waals surface area contributed by atoms with Crippen molar-refractivity contribution in [1.29, 1.82) is 0 Å². The first-order valence-corrected chi connectivity index (χ1v) is 6.05. The molecule has 4 nitrogen and oxygen atoms in total. The number of carboxylic acids is 1. The Labute approximate surface area is 113 Å². The van der Waals surface area contributed by atoms with E-state index in [0.29, 0.717) is 6.54 Å². The molecule has 0 radical (unpaired) electrons. The van der Waals surface area contributed by atoms with Gasteiger partial charge in [-0.2, -0.15) is 0 Å². The van der Waals surface area contributed by atoms with Crippen molar-refractivity contribution in [3.05, 3.63) is 48.0 Å². The van der Waals surface area contributed by atoms with E-state index < -0.39 is 11.5 Å². The molecule has 0 spiro atoms. The van der Waals surface area contributed by atoms with Crippen molar-refractivity contribution in [2.45, 2.75) is 32.9 Å². The average Bonchev–Trinajstić information content (AvgIpc) is 2.33. The molecule has 0 aromatic heterocycles. The van der Waals surface area contributed by atoms with Gasteiger partial charge in [-0.15, -0.1) is 0 Å². The van der Waals surface area contributed by atoms with Crippen LogP contribution in [0, 0.1) is 0 Å². The molecule has 0 saturated heterocycles. The van der Waals surface area contributed by atoms with Crippen molar-refractivity contribution in [3.63, 3.8) is 0 Å². The van der Waals surface area contributed by atoms with Crippen molar-refractivity contribution >= 4 is 11.9 Å². The fraction of sp³-hybridized carbons (Fsp3) is 0.333. The Hall–Kier alpha value is -2.10. The molecular formula is C15H18NO3-. The lowest BCUT2D eigenvalue weighted by molar-refractivity contribution is -0.297. The third-order valence-electron chi connectivity index (χ3n) is 2.62. The van der Waals surface area contributed by atoms with Crippen LogP contribution in [0.5, 0.6) is 0 Å². The number of rotatable bonds is 4. The van der Waals surface area contributed by atoms with Crippen molar-refractivity contribution in [2.75, 3.05) is 0 Å². The topological polar surface area (TPSA) is 60.4 Å². The summed E-state index contributed by atoms with van der Waals surface area (Å²) in [4.78, 5) is 24.0. The molecule has 102 valence electrons. The summed E-state index contributed by atoms with van der Waals surface area (Å²) in [5.74, 6) is -1.72. The summed E-state index contributed by atoms with van der Waals surface area (Å²) in [6.07, 6.45) is 1.79. The molecule has 0 saturated carbocycles. The van der Waals surface area contributed by atoms with Crippen LogP contribution in [-0.2, 0) is 16.1 Å². The largest absolute Gasteiger partial charge is 0.545 e. The second kappa shape index (κ2) is 6.18. The van der Waals surface area contributed by atoms with Crippen LogP contribution in [0.15, 0.2) is 42.5 Å². The molecule has 1 aromatic rings. The minimum Gasteiger partial charge on any atom is -0.545 e. The number of nitrogens with zero attached hydrogens (tertiary/aromatic N) is 1. The summed E-state index contributed by atoms with van der Waals surface area (Å²) in [6.45, 7) is 6.14. The van der Waals surface area contributed by atoms with E-state index in [1.165, 1.54) is 0 Å². The van der Waals surface area contributed by atoms with E-state index in [-0.39, 0.29) is 5.91 Å². The van der Waals surface area contributed by atoms with Gasteiger partial charge >= 0.3 is 0 Å². The molecule has 0 heterocycles. The summed E-state index contributed by atoms with van der Waals surface area (Å²) in [6, 6.07) is 9.56. The maximum atomic E-state index is 12.0. The summed E-state index contributed by atoms with van der Waals surface area (Å²) in [5.41, 5.74) is 0.594. The number of aliphatic carboxylic acids is 1. The van der Waals surface area contributed by atoms with Crippen molar-refractivity contribution in [3.8, 4) is 0 Å². The highest BCUT2D eigenvalue weighted by molar-refractivity contribution is 5.93. The average molecular weight is 260 g/mol. The van der Waals surface area contributed by atoms with Gasteiger partial charge in [-0.25, -0.2) is 0 Å². The van der Waals surface area contributed by atoms with Crippen molar-refractivity contribution < 1.29 is 14.7 Å². The number of carbonyl (C=O) groups is 2. The van der Waals surface area contributed by atoms with Gasteiger partial charge in [0, 0.05) is 18.2 Å². The smallest absolute Gasteiger partial charge is 0.247 e. The van der Waals surface area contributed by atoms with Crippen LogP contribution in [0.3, 0.4) is 0 Å². The van der Waals surface area contributed by atoms with E-state index in [9.17, 15) is 14.7 Å². The number of benzene rings is 1. The Morgan fingerprint density at radius 2 is 1.74 bits per heavy atom. The molecule has 1 amide bonds. The van der Waals surface area contributed by atoms with Crippen LogP contribution in [0.1, 0.15) is 26.3 Å². The number of carboxylic acid groups (broad SMARTS) is 1. The van der Waals surface area contributed by atoms with Gasteiger partial charge in [-0.1, -0.05) is 30.3 Å². The van der Waals surface area contributed by atoms with E-state index in [2.05, 4.69) is 0 Å². The van der Waals surface area contributed by atoms with E-state index in [0.717, 1.165) is 17.7 Å². The Morgan fingerprint density at radius 3 is 2.21 bits per heavy atom. The van der Waals surface area contributed by atoms with Gasteiger partial charge in [0.15, 0.2) is 0 Å². The normalized spacial score (nSPS) is 11.5. The zero-order valence-corrected chi connectivity index (χ0v) is 11.4. The fourth-order valence-corrected chi connectivity index (χ4v) is 1.64. The molecule has 0 aliphatic heterocycles. The highest BCUT2D eigenvalue weighted by Crippen LogP contribution is 2.17. The molecule has 0 unspecified atom stereocenters. The predicted octanol–water partition coefficient (Wildman–Crippen LogP) is 1.12. The highest BCUT2D eigenvalue weighted by Gasteiger charge is 2.24. The van der Waals surface area contributed by atoms with Gasteiger partial charge in [-0.05, 0) is 32.4 Å². The molecule has 0 aliphatic carbocycles. The lowest BCUT2D eigenvalue weighted by Gasteiger charge is -2.35.